The second kappa shape index (κ2) is 7.18. The number of ether oxygens (including phenoxy) is 1. The first-order valence-corrected chi connectivity index (χ1v) is 8.78. The summed E-state index contributed by atoms with van der Waals surface area (Å²) in [6, 6.07) is 2.03. The van der Waals surface area contributed by atoms with E-state index in [-0.39, 0.29) is 29.8 Å². The van der Waals surface area contributed by atoms with Crippen LogP contribution in [0.4, 0.5) is 0 Å². The van der Waals surface area contributed by atoms with Gasteiger partial charge in [0.05, 0.1) is 12.6 Å². The molecule has 0 spiro atoms. The van der Waals surface area contributed by atoms with Gasteiger partial charge in [-0.3, -0.25) is 4.79 Å². The Kier molecular flexibility index (Phi) is 6.49. The highest BCUT2D eigenvalue weighted by Gasteiger charge is 2.63. The molecule has 1 saturated carbocycles. The lowest BCUT2D eigenvalue weighted by Crippen LogP contribution is -2.75. The predicted molar refractivity (Wildman–Crippen MR) is 96.5 cm³/mol. The molecule has 0 bridgehead atoms. The summed E-state index contributed by atoms with van der Waals surface area (Å²) in [5, 5.41) is 2.02. The SMILES string of the molecule is CCOC1CC(N)(C(=O)N(C)Cc2cc(Br)cs2)C1(C)C.Cl. The van der Waals surface area contributed by atoms with Crippen molar-refractivity contribution in [3.8, 4) is 0 Å². The van der Waals surface area contributed by atoms with Crippen LogP contribution in [0.25, 0.3) is 0 Å². The summed E-state index contributed by atoms with van der Waals surface area (Å²) in [6.45, 7) is 7.24. The van der Waals surface area contributed by atoms with E-state index in [1.54, 1.807) is 16.2 Å². The molecule has 2 atom stereocenters. The zero-order valence-corrected chi connectivity index (χ0v) is 16.6. The molecule has 1 aromatic rings. The maximum atomic E-state index is 12.8. The first kappa shape index (κ1) is 19.9. The lowest BCUT2D eigenvalue weighted by molar-refractivity contribution is -0.178. The number of carbonyl (C=O) groups excluding carboxylic acids is 1. The van der Waals surface area contributed by atoms with Gasteiger partial charge in [0, 0.05) is 40.2 Å². The number of nitrogens with zero attached hydrogens (tertiary/aromatic N) is 1. The van der Waals surface area contributed by atoms with E-state index in [1.165, 1.54) is 0 Å². The Morgan fingerprint density at radius 3 is 2.68 bits per heavy atom. The van der Waals surface area contributed by atoms with Gasteiger partial charge < -0.3 is 15.4 Å². The van der Waals surface area contributed by atoms with E-state index in [0.29, 0.717) is 19.6 Å². The van der Waals surface area contributed by atoms with Crippen molar-refractivity contribution in [2.75, 3.05) is 13.7 Å². The van der Waals surface area contributed by atoms with Gasteiger partial charge in [-0.05, 0) is 28.9 Å². The van der Waals surface area contributed by atoms with Crippen LogP contribution in [0.3, 0.4) is 0 Å². The number of halogens is 2. The number of nitrogens with two attached hydrogens (primary N) is 1. The molecule has 1 aromatic heterocycles. The number of rotatable bonds is 5. The van der Waals surface area contributed by atoms with E-state index in [2.05, 4.69) is 15.9 Å². The molecule has 22 heavy (non-hydrogen) atoms. The van der Waals surface area contributed by atoms with Gasteiger partial charge >= 0.3 is 0 Å². The largest absolute Gasteiger partial charge is 0.378 e. The standard InChI is InChI=1S/C15H23BrN2O2S.ClH/c1-5-20-12-7-15(17,14(12,2)3)13(19)18(4)8-11-6-10(16)9-21-11;/h6,9,12H,5,7-8,17H2,1-4H3;1H. The van der Waals surface area contributed by atoms with Crippen LogP contribution in [0.2, 0.25) is 0 Å². The molecular weight excluding hydrogens is 388 g/mol. The van der Waals surface area contributed by atoms with Gasteiger partial charge in [-0.1, -0.05) is 13.8 Å². The van der Waals surface area contributed by atoms with Crippen LogP contribution in [-0.2, 0) is 16.1 Å². The average Bonchev–Trinajstić information content (AvgIpc) is 2.82. The van der Waals surface area contributed by atoms with Crippen LogP contribution in [0.1, 0.15) is 32.1 Å². The summed E-state index contributed by atoms with van der Waals surface area (Å²) < 4.78 is 6.73. The molecule has 7 heteroatoms. The topological polar surface area (TPSA) is 55.6 Å². The molecule has 1 fully saturated rings. The van der Waals surface area contributed by atoms with Gasteiger partial charge in [0.15, 0.2) is 0 Å². The third-order valence-electron chi connectivity index (χ3n) is 4.57. The third-order valence-corrected chi connectivity index (χ3v) is 6.26. The fourth-order valence-corrected chi connectivity index (χ4v) is 4.38. The fourth-order valence-electron chi connectivity index (χ4n) is 2.88. The van der Waals surface area contributed by atoms with E-state index < -0.39 is 5.54 Å². The molecule has 0 saturated heterocycles. The van der Waals surface area contributed by atoms with E-state index in [9.17, 15) is 4.79 Å². The highest BCUT2D eigenvalue weighted by Crippen LogP contribution is 2.50. The molecular formula is C15H24BrClN2O2S. The molecule has 4 nitrogen and oxygen atoms in total. The van der Waals surface area contributed by atoms with Crippen molar-refractivity contribution in [1.29, 1.82) is 0 Å². The predicted octanol–water partition coefficient (Wildman–Crippen LogP) is 3.42. The second-order valence-electron chi connectivity index (χ2n) is 6.23. The summed E-state index contributed by atoms with van der Waals surface area (Å²) in [5.74, 6) is -0.00650. The Morgan fingerprint density at radius 2 is 2.23 bits per heavy atom. The van der Waals surface area contributed by atoms with Crippen LogP contribution in [0.5, 0.6) is 0 Å². The van der Waals surface area contributed by atoms with Crippen molar-refractivity contribution in [3.05, 3.63) is 20.8 Å². The zero-order chi connectivity index (χ0) is 15.8. The van der Waals surface area contributed by atoms with Gasteiger partial charge in [0.25, 0.3) is 0 Å². The fraction of sp³-hybridized carbons (Fsp3) is 0.667. The molecule has 0 radical (unpaired) electrons. The average molecular weight is 412 g/mol. The van der Waals surface area contributed by atoms with E-state index in [0.717, 1.165) is 9.35 Å². The molecule has 1 aliphatic carbocycles. The van der Waals surface area contributed by atoms with E-state index in [4.69, 9.17) is 10.5 Å². The number of thiophene rings is 1. The summed E-state index contributed by atoms with van der Waals surface area (Å²) in [4.78, 5) is 15.6. The molecule has 0 aliphatic heterocycles. The van der Waals surface area contributed by atoms with Crippen LogP contribution < -0.4 is 5.73 Å². The van der Waals surface area contributed by atoms with Gasteiger partial charge in [-0.2, -0.15) is 0 Å². The molecule has 126 valence electrons. The van der Waals surface area contributed by atoms with Gasteiger partial charge in [-0.25, -0.2) is 0 Å². The first-order chi connectivity index (χ1) is 9.72. The molecule has 2 rings (SSSR count). The Balaban J connectivity index is 0.00000242. The lowest BCUT2D eigenvalue weighted by atomic mass is 9.54. The summed E-state index contributed by atoms with van der Waals surface area (Å²) >= 11 is 5.07. The minimum Gasteiger partial charge on any atom is -0.378 e. The quantitative estimate of drug-likeness (QED) is 0.807. The number of hydrogen-bond acceptors (Lipinski definition) is 4. The Hall–Kier alpha value is -0.140. The highest BCUT2D eigenvalue weighted by atomic mass is 79.9. The van der Waals surface area contributed by atoms with Crippen LogP contribution in [0, 0.1) is 5.41 Å². The Bertz CT molecular complexity index is 537. The summed E-state index contributed by atoms with van der Waals surface area (Å²) in [6.07, 6.45) is 0.645. The van der Waals surface area contributed by atoms with Crippen molar-refractivity contribution < 1.29 is 9.53 Å². The number of carbonyl (C=O) groups is 1. The Morgan fingerprint density at radius 1 is 1.59 bits per heavy atom. The first-order valence-electron chi connectivity index (χ1n) is 7.11. The van der Waals surface area contributed by atoms with Crippen molar-refractivity contribution in [2.24, 2.45) is 11.1 Å². The van der Waals surface area contributed by atoms with Crippen molar-refractivity contribution >= 4 is 45.6 Å². The zero-order valence-electron chi connectivity index (χ0n) is 13.4. The van der Waals surface area contributed by atoms with Crippen molar-refractivity contribution in [2.45, 2.75) is 45.4 Å². The highest BCUT2D eigenvalue weighted by molar-refractivity contribution is 9.10. The Labute approximate surface area is 150 Å². The number of hydrogen-bond donors (Lipinski definition) is 1. The van der Waals surface area contributed by atoms with Crippen LogP contribution in [0.15, 0.2) is 15.9 Å². The lowest BCUT2D eigenvalue weighted by Gasteiger charge is -2.58. The molecule has 1 aliphatic rings. The number of likely N-dealkylation sites (N-methyl/N-ethyl adjacent to an activating group) is 1. The number of amides is 1. The minimum absolute atomic E-state index is 0. The monoisotopic (exact) mass is 410 g/mol. The molecule has 2 unspecified atom stereocenters. The van der Waals surface area contributed by atoms with Gasteiger partial charge in [-0.15, -0.1) is 23.7 Å². The van der Waals surface area contributed by atoms with Crippen LogP contribution >= 0.6 is 39.7 Å². The van der Waals surface area contributed by atoms with Crippen molar-refractivity contribution in [1.82, 2.24) is 4.90 Å². The smallest absolute Gasteiger partial charge is 0.243 e. The maximum absolute atomic E-state index is 12.8. The summed E-state index contributed by atoms with van der Waals surface area (Å²) in [7, 11) is 1.81. The second-order valence-corrected chi connectivity index (χ2v) is 8.15. The summed E-state index contributed by atoms with van der Waals surface area (Å²) in [5.41, 5.74) is 5.25. The van der Waals surface area contributed by atoms with Crippen LogP contribution in [-0.4, -0.2) is 36.1 Å². The van der Waals surface area contributed by atoms with Gasteiger partial charge in [0.1, 0.15) is 5.54 Å². The molecule has 0 aromatic carbocycles. The van der Waals surface area contributed by atoms with Gasteiger partial charge in [0.2, 0.25) is 5.91 Å². The van der Waals surface area contributed by atoms with Crippen molar-refractivity contribution in [3.63, 3.8) is 0 Å². The molecule has 1 amide bonds. The molecule has 1 heterocycles. The van der Waals surface area contributed by atoms with E-state index in [1.807, 2.05) is 39.3 Å². The molecule has 2 N–H and O–H groups in total. The van der Waals surface area contributed by atoms with E-state index >= 15 is 0 Å². The normalized spacial score (nSPS) is 26.0. The minimum atomic E-state index is -0.837. The third kappa shape index (κ3) is 3.36. The maximum Gasteiger partial charge on any atom is 0.243 e.